The molecule has 3 heterocycles. The molecule has 1 unspecified atom stereocenters. The number of nitrogens with zero attached hydrogens (tertiary/aromatic N) is 4. The number of hydrogen-bond donors (Lipinski definition) is 2. The van der Waals surface area contributed by atoms with E-state index < -0.39 is 23.7 Å². The quantitative estimate of drug-likeness (QED) is 0.542. The monoisotopic (exact) mass is 478 g/mol. The van der Waals surface area contributed by atoms with Crippen molar-refractivity contribution in [3.63, 3.8) is 0 Å². The Balaban J connectivity index is 1.27. The molecule has 0 bridgehead atoms. The smallest absolute Gasteiger partial charge is 0.271 e. The summed E-state index contributed by atoms with van der Waals surface area (Å²) in [5.74, 6) is -1.43. The number of aromatic nitrogens is 1. The largest absolute Gasteiger partial charge is 0.379 e. The summed E-state index contributed by atoms with van der Waals surface area (Å²) in [4.78, 5) is 27.3. The van der Waals surface area contributed by atoms with Crippen LogP contribution < -0.4 is 16.1 Å². The third-order valence-electron chi connectivity index (χ3n) is 6.38. The normalized spacial score (nSPS) is 18.6. The van der Waals surface area contributed by atoms with E-state index in [1.54, 1.807) is 0 Å². The van der Waals surface area contributed by atoms with Gasteiger partial charge in [0.2, 0.25) is 5.91 Å². The van der Waals surface area contributed by atoms with Crippen molar-refractivity contribution >= 4 is 39.8 Å². The molecule has 0 radical (unpaired) electrons. The molecule has 2 aromatic carbocycles. The second kappa shape index (κ2) is 9.85. The van der Waals surface area contributed by atoms with Gasteiger partial charge in [-0.3, -0.25) is 19.5 Å². The minimum Gasteiger partial charge on any atom is -0.379 e. The molecule has 1 aromatic heterocycles. The molecule has 0 spiro atoms. The molecule has 1 saturated heterocycles. The number of carbonyl (C=O) groups excluding carboxylic acids is 2. The molecule has 3 N–H and O–H groups in total. The number of rotatable bonds is 7. The van der Waals surface area contributed by atoms with Crippen molar-refractivity contribution in [3.05, 3.63) is 60.5 Å². The first-order valence-corrected chi connectivity index (χ1v) is 11.6. The molecule has 3 aromatic rings. The van der Waals surface area contributed by atoms with Crippen molar-refractivity contribution in [1.29, 1.82) is 0 Å². The Morgan fingerprint density at radius 3 is 2.60 bits per heavy atom. The van der Waals surface area contributed by atoms with Crippen molar-refractivity contribution in [2.75, 3.05) is 43.2 Å². The van der Waals surface area contributed by atoms with Gasteiger partial charge in [-0.1, -0.05) is 0 Å². The number of morpholine rings is 1. The van der Waals surface area contributed by atoms with Crippen LogP contribution in [0.5, 0.6) is 0 Å². The molecule has 10 heteroatoms. The van der Waals surface area contributed by atoms with Crippen LogP contribution in [0.3, 0.4) is 0 Å². The standard InChI is InChI=1S/C25H27FN6O3/c26-18-1-4-20(5-2-18)32-23(24(27)33)16-21(29-32)25(34)28-19-3-6-22-17(15-19)7-8-31(22)10-9-30-11-13-35-14-12-30/h1-8,15,23H,9-14,16H2,(H2,27,33)(H,28,34). The summed E-state index contributed by atoms with van der Waals surface area (Å²) in [6, 6.07) is 12.5. The Morgan fingerprint density at radius 2 is 1.86 bits per heavy atom. The van der Waals surface area contributed by atoms with E-state index in [1.807, 2.05) is 24.3 Å². The predicted molar refractivity (Wildman–Crippen MR) is 132 cm³/mol. The van der Waals surface area contributed by atoms with Gasteiger partial charge in [0.05, 0.1) is 18.9 Å². The molecular weight excluding hydrogens is 451 g/mol. The van der Waals surface area contributed by atoms with Crippen molar-refractivity contribution in [1.82, 2.24) is 9.47 Å². The van der Waals surface area contributed by atoms with Gasteiger partial charge in [-0.2, -0.15) is 5.10 Å². The second-order valence-electron chi connectivity index (χ2n) is 8.68. The van der Waals surface area contributed by atoms with Crippen LogP contribution in [0.1, 0.15) is 6.42 Å². The summed E-state index contributed by atoms with van der Waals surface area (Å²) in [6.45, 7) is 5.30. The van der Waals surface area contributed by atoms with Gasteiger partial charge in [-0.25, -0.2) is 4.39 Å². The summed E-state index contributed by atoms with van der Waals surface area (Å²) in [5, 5.41) is 9.57. The van der Waals surface area contributed by atoms with Gasteiger partial charge in [-0.15, -0.1) is 0 Å². The summed E-state index contributed by atoms with van der Waals surface area (Å²) >= 11 is 0. The number of amides is 2. The third-order valence-corrected chi connectivity index (χ3v) is 6.38. The molecule has 9 nitrogen and oxygen atoms in total. The van der Waals surface area contributed by atoms with Gasteiger partial charge in [0, 0.05) is 55.4 Å². The summed E-state index contributed by atoms with van der Waals surface area (Å²) in [5.41, 5.74) is 7.92. The van der Waals surface area contributed by atoms with Gasteiger partial charge < -0.3 is 20.4 Å². The first-order valence-electron chi connectivity index (χ1n) is 11.6. The molecular formula is C25H27FN6O3. The van der Waals surface area contributed by atoms with E-state index in [0.29, 0.717) is 11.4 Å². The first-order chi connectivity index (χ1) is 17.0. The third kappa shape index (κ3) is 5.03. The lowest BCUT2D eigenvalue weighted by molar-refractivity contribution is -0.119. The molecule has 0 aliphatic carbocycles. The van der Waals surface area contributed by atoms with Crippen molar-refractivity contribution in [2.45, 2.75) is 19.0 Å². The number of hydrogen-bond acceptors (Lipinski definition) is 6. The Hall–Kier alpha value is -3.76. The molecule has 2 amide bonds. The van der Waals surface area contributed by atoms with E-state index in [-0.39, 0.29) is 12.1 Å². The first kappa shape index (κ1) is 23.0. The number of benzene rings is 2. The molecule has 182 valence electrons. The van der Waals surface area contributed by atoms with Crippen LogP contribution in [-0.4, -0.2) is 65.9 Å². The van der Waals surface area contributed by atoms with Crippen LogP contribution in [0.2, 0.25) is 0 Å². The highest BCUT2D eigenvalue weighted by atomic mass is 19.1. The van der Waals surface area contributed by atoms with E-state index in [0.717, 1.165) is 50.3 Å². The fourth-order valence-corrected chi connectivity index (χ4v) is 4.45. The predicted octanol–water partition coefficient (Wildman–Crippen LogP) is 2.17. The van der Waals surface area contributed by atoms with Crippen molar-refractivity contribution in [3.8, 4) is 0 Å². The molecule has 1 fully saturated rings. The van der Waals surface area contributed by atoms with Crippen LogP contribution in [0.15, 0.2) is 59.8 Å². The topological polar surface area (TPSA) is 105 Å². The van der Waals surface area contributed by atoms with Crippen molar-refractivity contribution < 1.29 is 18.7 Å². The lowest BCUT2D eigenvalue weighted by Crippen LogP contribution is -2.39. The molecule has 5 rings (SSSR count). The zero-order valence-electron chi connectivity index (χ0n) is 19.2. The van der Waals surface area contributed by atoms with Gasteiger partial charge >= 0.3 is 0 Å². The number of anilines is 2. The number of fused-ring (bicyclic) bond motifs is 1. The number of halogens is 1. The van der Waals surface area contributed by atoms with Crippen LogP contribution in [0.4, 0.5) is 15.8 Å². The van der Waals surface area contributed by atoms with Crippen LogP contribution in [-0.2, 0) is 20.9 Å². The lowest BCUT2D eigenvalue weighted by Gasteiger charge is -2.26. The number of primary amides is 1. The number of hydrazone groups is 1. The van der Waals surface area contributed by atoms with Crippen molar-refractivity contribution in [2.24, 2.45) is 10.8 Å². The van der Waals surface area contributed by atoms with E-state index in [9.17, 15) is 14.0 Å². The number of carbonyl (C=O) groups is 2. The highest BCUT2D eigenvalue weighted by Gasteiger charge is 2.35. The van der Waals surface area contributed by atoms with E-state index in [1.165, 1.54) is 29.3 Å². The minimum absolute atomic E-state index is 0.0682. The maximum Gasteiger partial charge on any atom is 0.271 e. The minimum atomic E-state index is -0.816. The van der Waals surface area contributed by atoms with Gasteiger partial charge in [0.25, 0.3) is 5.91 Å². The number of ether oxygens (including phenoxy) is 1. The maximum atomic E-state index is 13.3. The molecule has 35 heavy (non-hydrogen) atoms. The zero-order chi connectivity index (χ0) is 24.4. The van der Waals surface area contributed by atoms with Crippen LogP contribution >= 0.6 is 0 Å². The molecule has 1 atom stereocenters. The Labute approximate surface area is 201 Å². The number of nitrogens with two attached hydrogens (primary N) is 1. The fourth-order valence-electron chi connectivity index (χ4n) is 4.45. The summed E-state index contributed by atoms with van der Waals surface area (Å²) in [7, 11) is 0. The Morgan fingerprint density at radius 1 is 1.09 bits per heavy atom. The van der Waals surface area contributed by atoms with Crippen LogP contribution in [0.25, 0.3) is 10.9 Å². The van der Waals surface area contributed by atoms with E-state index in [2.05, 4.69) is 26.1 Å². The SMILES string of the molecule is NC(=O)C1CC(C(=O)Nc2ccc3c(ccn3CCN3CCOCC3)c2)=NN1c1ccc(F)cc1. The van der Waals surface area contributed by atoms with Gasteiger partial charge in [-0.05, 0) is 48.5 Å². The number of nitrogens with one attached hydrogen (secondary N) is 1. The summed E-state index contributed by atoms with van der Waals surface area (Å²) in [6.07, 6.45) is 2.12. The van der Waals surface area contributed by atoms with Crippen LogP contribution in [0, 0.1) is 5.82 Å². The highest BCUT2D eigenvalue weighted by Crippen LogP contribution is 2.26. The Bertz CT molecular complexity index is 1270. The van der Waals surface area contributed by atoms with E-state index in [4.69, 9.17) is 10.5 Å². The lowest BCUT2D eigenvalue weighted by atomic mass is 10.1. The Kier molecular flexibility index (Phi) is 6.47. The van der Waals surface area contributed by atoms with E-state index >= 15 is 0 Å². The maximum absolute atomic E-state index is 13.3. The fraction of sp³-hybridized carbons (Fsp3) is 0.320. The molecule has 0 saturated carbocycles. The molecule has 2 aliphatic heterocycles. The average molecular weight is 479 g/mol. The van der Waals surface area contributed by atoms with Gasteiger partial charge in [0.1, 0.15) is 17.6 Å². The summed E-state index contributed by atoms with van der Waals surface area (Å²) < 4.78 is 20.9. The second-order valence-corrected chi connectivity index (χ2v) is 8.68. The van der Waals surface area contributed by atoms with Gasteiger partial charge in [0.15, 0.2) is 0 Å². The highest BCUT2D eigenvalue weighted by molar-refractivity contribution is 6.44. The molecule has 2 aliphatic rings. The zero-order valence-corrected chi connectivity index (χ0v) is 19.2. The average Bonchev–Trinajstić information content (AvgIpc) is 3.49.